The number of nitrogens with zero attached hydrogens (tertiary/aromatic N) is 5. The Hall–Kier alpha value is -3.07. The van der Waals surface area contributed by atoms with Crippen molar-refractivity contribution in [2.75, 3.05) is 11.9 Å². The number of hydrogen-bond acceptors (Lipinski definition) is 6. The van der Waals surface area contributed by atoms with Crippen molar-refractivity contribution in [2.45, 2.75) is 50.0 Å². The minimum atomic E-state index is -0.999. The van der Waals surface area contributed by atoms with E-state index in [-0.39, 0.29) is 11.8 Å². The van der Waals surface area contributed by atoms with E-state index in [2.05, 4.69) is 20.6 Å². The number of phenolic OH excluding ortho intramolecular Hbond substituents is 1. The summed E-state index contributed by atoms with van der Waals surface area (Å²) >= 11 is 0. The van der Waals surface area contributed by atoms with Crippen LogP contribution in [0.4, 0.5) is 14.6 Å². The maximum atomic E-state index is 15.2. The average Bonchev–Trinajstić information content (AvgIpc) is 3.34. The molecule has 31 heavy (non-hydrogen) atoms. The van der Waals surface area contributed by atoms with Gasteiger partial charge in [0.1, 0.15) is 11.9 Å². The van der Waals surface area contributed by atoms with Crippen molar-refractivity contribution in [1.29, 1.82) is 0 Å². The molecule has 2 saturated heterocycles. The second kappa shape index (κ2) is 7.26. The lowest BCUT2D eigenvalue weighted by Gasteiger charge is -2.44. The van der Waals surface area contributed by atoms with E-state index >= 15 is 4.39 Å². The van der Waals surface area contributed by atoms with E-state index in [1.165, 1.54) is 16.9 Å². The van der Waals surface area contributed by atoms with Gasteiger partial charge in [-0.25, -0.2) is 13.5 Å². The molecule has 2 aliphatic rings. The molecule has 0 saturated carbocycles. The molecule has 4 heterocycles. The van der Waals surface area contributed by atoms with Crippen LogP contribution in [0.25, 0.3) is 16.9 Å². The molecule has 1 unspecified atom stereocenters. The predicted octanol–water partition coefficient (Wildman–Crippen LogP) is 3.23. The van der Waals surface area contributed by atoms with E-state index < -0.39 is 17.5 Å². The number of aromatic hydroxyl groups is 1. The summed E-state index contributed by atoms with van der Waals surface area (Å²) in [6.45, 7) is 1.95. The molecular weight excluding hydrogens is 402 g/mol. The zero-order valence-corrected chi connectivity index (χ0v) is 17.3. The van der Waals surface area contributed by atoms with Gasteiger partial charge in [-0.1, -0.05) is 0 Å². The number of piperidine rings is 1. The Labute approximate surface area is 178 Å². The van der Waals surface area contributed by atoms with Gasteiger partial charge in [-0.15, -0.1) is 10.2 Å². The van der Waals surface area contributed by atoms with Gasteiger partial charge in [0.05, 0.1) is 29.8 Å². The first-order valence-corrected chi connectivity index (χ1v) is 10.4. The lowest BCUT2D eigenvalue weighted by Crippen LogP contribution is -2.62. The molecule has 2 aliphatic heterocycles. The van der Waals surface area contributed by atoms with E-state index in [1.807, 2.05) is 18.9 Å². The molecule has 2 aromatic heterocycles. The van der Waals surface area contributed by atoms with Crippen LogP contribution >= 0.6 is 0 Å². The van der Waals surface area contributed by atoms with E-state index in [9.17, 15) is 9.50 Å². The number of phenols is 1. The van der Waals surface area contributed by atoms with Gasteiger partial charge in [-0.05, 0) is 50.5 Å². The lowest BCUT2D eigenvalue weighted by molar-refractivity contribution is 0.111. The average molecular weight is 426 g/mol. The van der Waals surface area contributed by atoms with E-state index in [4.69, 9.17) is 0 Å². The first-order valence-electron chi connectivity index (χ1n) is 10.4. The Bertz CT molecular complexity index is 1100. The number of aromatic nitrogens is 4. The third kappa shape index (κ3) is 3.42. The van der Waals surface area contributed by atoms with Crippen LogP contribution in [-0.4, -0.2) is 55.9 Å². The zero-order valence-electron chi connectivity index (χ0n) is 17.3. The van der Waals surface area contributed by atoms with Crippen LogP contribution in [0.1, 0.15) is 26.2 Å². The third-order valence-corrected chi connectivity index (χ3v) is 6.60. The molecule has 0 spiro atoms. The molecule has 162 valence electrons. The normalized spacial score (nSPS) is 27.4. The van der Waals surface area contributed by atoms with Crippen molar-refractivity contribution < 1.29 is 13.9 Å². The number of nitrogens with one attached hydrogen (secondary N) is 1. The Morgan fingerprint density at radius 3 is 2.77 bits per heavy atom. The van der Waals surface area contributed by atoms with Crippen LogP contribution in [-0.2, 0) is 0 Å². The van der Waals surface area contributed by atoms with Crippen LogP contribution in [0, 0.1) is 5.82 Å². The Morgan fingerprint density at radius 2 is 2.10 bits per heavy atom. The minimum absolute atomic E-state index is 0.0181. The molecule has 4 atom stereocenters. The van der Waals surface area contributed by atoms with Crippen molar-refractivity contribution in [2.24, 2.45) is 0 Å². The highest BCUT2D eigenvalue weighted by atomic mass is 19.1. The molecule has 3 aromatic rings. The van der Waals surface area contributed by atoms with Crippen LogP contribution in [0.15, 0.2) is 42.7 Å². The predicted molar refractivity (Wildman–Crippen MR) is 112 cm³/mol. The number of fused-ring (bicyclic) bond motifs is 2. The van der Waals surface area contributed by atoms with Gasteiger partial charge in [0, 0.05) is 30.3 Å². The molecule has 2 N–H and O–H groups in total. The van der Waals surface area contributed by atoms with Gasteiger partial charge < -0.3 is 15.3 Å². The smallest absolute Gasteiger partial charge is 0.161 e. The topological polar surface area (TPSA) is 79.1 Å². The Morgan fingerprint density at radius 1 is 1.26 bits per heavy atom. The zero-order chi connectivity index (χ0) is 21.8. The van der Waals surface area contributed by atoms with E-state index in [0.29, 0.717) is 28.8 Å². The molecule has 0 radical (unpaired) electrons. The van der Waals surface area contributed by atoms with Crippen molar-refractivity contribution in [3.63, 3.8) is 0 Å². The maximum absolute atomic E-state index is 15.2. The van der Waals surface area contributed by atoms with Crippen molar-refractivity contribution >= 4 is 5.82 Å². The highest BCUT2D eigenvalue weighted by Gasteiger charge is 2.51. The number of halogens is 2. The molecule has 9 heteroatoms. The largest absolute Gasteiger partial charge is 0.507 e. The fraction of sp³-hybridized carbons (Fsp3) is 0.409. The van der Waals surface area contributed by atoms with E-state index in [1.54, 1.807) is 24.3 Å². The quantitative estimate of drug-likeness (QED) is 0.667. The standard InChI is InChI=1S/C22H24F2N6O/c1-22-8-7-14(26-22)9-18(21(22)24)29(2)20-6-5-17(27-28-20)16-4-3-15(10-19(16)31)30-12-13(23)11-25-30/h3-6,10-12,14,18,21,26,31H,7-9H2,1-2H3/t14?,18-,21-,22+/m0/s1. The van der Waals surface area contributed by atoms with Gasteiger partial charge in [0.2, 0.25) is 0 Å². The number of anilines is 1. The molecule has 5 rings (SSSR count). The van der Waals surface area contributed by atoms with Crippen molar-refractivity contribution in [1.82, 2.24) is 25.3 Å². The maximum Gasteiger partial charge on any atom is 0.161 e. The van der Waals surface area contributed by atoms with Crippen LogP contribution < -0.4 is 10.2 Å². The molecule has 2 fully saturated rings. The Balaban J connectivity index is 1.36. The highest BCUT2D eigenvalue weighted by Crippen LogP contribution is 2.40. The highest BCUT2D eigenvalue weighted by molar-refractivity contribution is 5.69. The number of alkyl halides is 1. The van der Waals surface area contributed by atoms with Crippen LogP contribution in [0.3, 0.4) is 0 Å². The van der Waals surface area contributed by atoms with Gasteiger partial charge in [0.25, 0.3) is 0 Å². The van der Waals surface area contributed by atoms with Crippen molar-refractivity contribution in [3.05, 3.63) is 48.5 Å². The minimum Gasteiger partial charge on any atom is -0.507 e. The fourth-order valence-electron chi connectivity index (χ4n) is 4.82. The number of rotatable bonds is 4. The summed E-state index contributed by atoms with van der Waals surface area (Å²) in [6.07, 6.45) is 3.89. The summed E-state index contributed by atoms with van der Waals surface area (Å²) in [7, 11) is 1.85. The third-order valence-electron chi connectivity index (χ3n) is 6.60. The monoisotopic (exact) mass is 426 g/mol. The van der Waals surface area contributed by atoms with Gasteiger partial charge in [-0.3, -0.25) is 0 Å². The first kappa shape index (κ1) is 19.9. The van der Waals surface area contributed by atoms with Gasteiger partial charge >= 0.3 is 0 Å². The molecule has 1 aromatic carbocycles. The SMILES string of the molecule is CN(c1ccc(-c2ccc(-n3cc(F)cn3)cc2O)nn1)[C@H]1CC2CC[C@@](C)(N2)[C@H]1F. The number of benzene rings is 1. The van der Waals surface area contributed by atoms with Crippen molar-refractivity contribution in [3.8, 4) is 22.7 Å². The fourth-order valence-corrected chi connectivity index (χ4v) is 4.82. The summed E-state index contributed by atoms with van der Waals surface area (Å²) in [5.41, 5.74) is 1.02. The molecule has 7 nitrogen and oxygen atoms in total. The summed E-state index contributed by atoms with van der Waals surface area (Å²) < 4.78 is 29.7. The van der Waals surface area contributed by atoms with Crippen LogP contribution in [0.5, 0.6) is 5.75 Å². The molecular formula is C22H24F2N6O. The second-order valence-corrected chi connectivity index (χ2v) is 8.69. The number of hydrogen-bond donors (Lipinski definition) is 2. The lowest BCUT2D eigenvalue weighted by atomic mass is 9.86. The summed E-state index contributed by atoms with van der Waals surface area (Å²) in [5.74, 6) is 0.111. The summed E-state index contributed by atoms with van der Waals surface area (Å²) in [4.78, 5) is 1.87. The summed E-state index contributed by atoms with van der Waals surface area (Å²) in [5, 5.41) is 26.3. The van der Waals surface area contributed by atoms with Crippen LogP contribution in [0.2, 0.25) is 0 Å². The molecule has 0 amide bonds. The molecule has 2 bridgehead atoms. The molecule has 0 aliphatic carbocycles. The van der Waals surface area contributed by atoms with Gasteiger partial charge in [-0.2, -0.15) is 5.10 Å². The first-order chi connectivity index (χ1) is 14.8. The Kier molecular flexibility index (Phi) is 4.65. The second-order valence-electron chi connectivity index (χ2n) is 8.69. The summed E-state index contributed by atoms with van der Waals surface area (Å²) in [6, 6.07) is 8.49. The van der Waals surface area contributed by atoms with Gasteiger partial charge in [0.15, 0.2) is 11.6 Å². The van der Waals surface area contributed by atoms with E-state index in [0.717, 1.165) is 25.5 Å².